The van der Waals surface area contributed by atoms with Crippen molar-refractivity contribution in [2.24, 2.45) is 0 Å². The minimum absolute atomic E-state index is 0.000204. The van der Waals surface area contributed by atoms with Crippen LogP contribution in [0.4, 0.5) is 51.2 Å². The second kappa shape index (κ2) is 18.4. The predicted octanol–water partition coefficient (Wildman–Crippen LogP) is 19.5. The maximum Gasteiger partial charge on any atom is 0.252 e. The molecule has 3 nitrogen and oxygen atoms in total. The van der Waals surface area contributed by atoms with E-state index in [0.717, 1.165) is 36.3 Å². The van der Waals surface area contributed by atoms with Crippen molar-refractivity contribution >= 4 is 74.3 Å². The predicted molar refractivity (Wildman–Crippen MR) is 347 cm³/mol. The number of anilines is 9. The lowest BCUT2D eigenvalue weighted by atomic mass is 9.33. The Morgan fingerprint density at radius 1 is 0.362 bits per heavy atom. The molecular formula is C76H86BN3. The summed E-state index contributed by atoms with van der Waals surface area (Å²) in [5.74, 6) is 0. The maximum atomic E-state index is 2.74. The van der Waals surface area contributed by atoms with E-state index < -0.39 is 0 Å². The van der Waals surface area contributed by atoms with E-state index >= 15 is 0 Å². The van der Waals surface area contributed by atoms with E-state index in [2.05, 4.69) is 296 Å². The number of nitrogens with zero attached hydrogens (tertiary/aromatic N) is 3. The lowest BCUT2D eigenvalue weighted by Crippen LogP contribution is -2.62. The highest BCUT2D eigenvalue weighted by atomic mass is 15.2. The van der Waals surface area contributed by atoms with Crippen molar-refractivity contribution in [2.75, 3.05) is 14.7 Å². The van der Waals surface area contributed by atoms with Crippen LogP contribution in [0.2, 0.25) is 0 Å². The van der Waals surface area contributed by atoms with Crippen molar-refractivity contribution in [3.05, 3.63) is 203 Å². The van der Waals surface area contributed by atoms with Gasteiger partial charge >= 0.3 is 0 Å². The largest absolute Gasteiger partial charge is 0.311 e. The smallest absolute Gasteiger partial charge is 0.252 e. The summed E-state index contributed by atoms with van der Waals surface area (Å²) in [6, 6.07) is 64.5. The number of fused-ring (bicyclic) bond motifs is 6. The third kappa shape index (κ3) is 8.94. The Labute approximate surface area is 481 Å². The van der Waals surface area contributed by atoms with Gasteiger partial charge in [-0.3, -0.25) is 0 Å². The van der Waals surface area contributed by atoms with Gasteiger partial charge in [-0.2, -0.15) is 0 Å². The average Bonchev–Trinajstić information content (AvgIpc) is 3.45. The molecule has 408 valence electrons. The molecule has 4 aliphatic rings. The molecule has 0 spiro atoms. The number of para-hydroxylation sites is 2. The summed E-state index contributed by atoms with van der Waals surface area (Å²) in [4.78, 5) is 7.88. The van der Waals surface area contributed by atoms with Gasteiger partial charge < -0.3 is 14.7 Å². The Kier molecular flexibility index (Phi) is 12.4. The molecule has 0 amide bonds. The van der Waals surface area contributed by atoms with E-state index in [-0.39, 0.29) is 44.6 Å². The molecule has 0 bridgehead atoms. The molecule has 0 N–H and O–H groups in total. The van der Waals surface area contributed by atoms with Crippen LogP contribution in [0.25, 0.3) is 11.1 Å². The lowest BCUT2D eigenvalue weighted by molar-refractivity contribution is 0.332. The quantitative estimate of drug-likeness (QED) is 0.154. The summed E-state index contributed by atoms with van der Waals surface area (Å²) < 4.78 is 0. The highest BCUT2D eigenvalue weighted by molar-refractivity contribution is 7.00. The minimum Gasteiger partial charge on any atom is -0.311 e. The van der Waals surface area contributed by atoms with Crippen LogP contribution in [-0.2, 0) is 37.9 Å². The minimum atomic E-state index is -0.0784. The van der Waals surface area contributed by atoms with E-state index in [9.17, 15) is 0 Å². The molecule has 0 atom stereocenters. The summed E-state index contributed by atoms with van der Waals surface area (Å²) >= 11 is 0. The van der Waals surface area contributed by atoms with E-state index in [1.807, 2.05) is 0 Å². The van der Waals surface area contributed by atoms with Gasteiger partial charge in [-0.05, 0) is 197 Å². The molecule has 0 unspecified atom stereocenters. The molecule has 2 aliphatic heterocycles. The van der Waals surface area contributed by atoms with Gasteiger partial charge in [0.05, 0.1) is 11.4 Å². The van der Waals surface area contributed by atoms with E-state index in [1.165, 1.54) is 107 Å². The fourth-order valence-electron chi connectivity index (χ4n) is 14.1. The summed E-state index contributed by atoms with van der Waals surface area (Å²) in [6.45, 7) is 41.0. The van der Waals surface area contributed by atoms with Gasteiger partial charge in [-0.25, -0.2) is 0 Å². The average molecular weight is 1050 g/mol. The van der Waals surface area contributed by atoms with E-state index in [1.54, 1.807) is 0 Å². The molecule has 0 radical (unpaired) electrons. The first-order valence-corrected chi connectivity index (χ1v) is 30.0. The van der Waals surface area contributed by atoms with Crippen LogP contribution in [-0.4, -0.2) is 6.71 Å². The number of hydrogen-bond donors (Lipinski definition) is 0. The second-order valence-electron chi connectivity index (χ2n) is 30.1. The number of hydrogen-bond acceptors (Lipinski definition) is 3. The Hall–Kier alpha value is -6.78. The van der Waals surface area contributed by atoms with Crippen LogP contribution in [0.3, 0.4) is 0 Å². The van der Waals surface area contributed by atoms with Gasteiger partial charge in [0.2, 0.25) is 0 Å². The molecule has 0 saturated heterocycles. The van der Waals surface area contributed by atoms with Crippen LogP contribution in [0.5, 0.6) is 0 Å². The third-order valence-corrected chi connectivity index (χ3v) is 19.4. The Morgan fingerprint density at radius 3 is 1.43 bits per heavy atom. The van der Waals surface area contributed by atoms with E-state index in [4.69, 9.17) is 0 Å². The molecule has 0 saturated carbocycles. The molecule has 12 rings (SSSR count). The topological polar surface area (TPSA) is 9.72 Å². The van der Waals surface area contributed by atoms with Gasteiger partial charge in [0.25, 0.3) is 6.71 Å². The summed E-state index contributed by atoms with van der Waals surface area (Å²) in [6.07, 6.45) is 4.63. The second-order valence-corrected chi connectivity index (χ2v) is 30.1. The fourth-order valence-corrected chi connectivity index (χ4v) is 14.1. The highest BCUT2D eigenvalue weighted by Crippen LogP contribution is 2.55. The zero-order valence-corrected chi connectivity index (χ0v) is 51.3. The third-order valence-electron chi connectivity index (χ3n) is 19.4. The molecular weight excluding hydrogens is 966 g/mol. The Morgan fingerprint density at radius 2 is 0.850 bits per heavy atom. The first-order chi connectivity index (χ1) is 37.5. The van der Waals surface area contributed by atoms with Crippen LogP contribution in [0.15, 0.2) is 164 Å². The first kappa shape index (κ1) is 53.8. The maximum absolute atomic E-state index is 2.74. The summed E-state index contributed by atoms with van der Waals surface area (Å²) in [5, 5.41) is 0. The molecule has 80 heavy (non-hydrogen) atoms. The normalized spacial score (nSPS) is 17.4. The zero-order chi connectivity index (χ0) is 56.9. The van der Waals surface area contributed by atoms with Gasteiger partial charge in [-0.15, -0.1) is 0 Å². The molecule has 0 aromatic heterocycles. The molecule has 2 heterocycles. The van der Waals surface area contributed by atoms with Crippen LogP contribution >= 0.6 is 0 Å². The Bertz CT molecular complexity index is 3700. The molecule has 8 aromatic carbocycles. The SMILES string of the molecule is CC(C)(C)c1cccc(N2c3cc(C(C)(C)C)ccc3B3c4cc5c(cc4N(c4ccc(C(C)(C)C)cc4-c4ccc6c(c4)C(C)(C)CCC6(C)C)c4cc(N(c6ccccc6)c6ccccc6)cc2c43)C(C)(C)CCC5(C)C)c1. The zero-order valence-electron chi connectivity index (χ0n) is 51.3. The lowest BCUT2D eigenvalue weighted by Gasteiger charge is -2.48. The summed E-state index contributed by atoms with van der Waals surface area (Å²) in [7, 11) is 0. The van der Waals surface area contributed by atoms with Crippen LogP contribution < -0.4 is 31.1 Å². The van der Waals surface area contributed by atoms with Crippen molar-refractivity contribution in [3.8, 4) is 11.1 Å². The molecule has 4 heteroatoms. The van der Waals surface area contributed by atoms with Gasteiger partial charge in [0.1, 0.15) is 0 Å². The Balaban J connectivity index is 1.27. The molecule has 8 aromatic rings. The molecule has 2 aliphatic carbocycles. The number of rotatable bonds is 6. The van der Waals surface area contributed by atoms with Gasteiger partial charge in [-0.1, -0.05) is 209 Å². The van der Waals surface area contributed by atoms with Crippen molar-refractivity contribution < 1.29 is 0 Å². The van der Waals surface area contributed by atoms with Crippen molar-refractivity contribution in [1.82, 2.24) is 0 Å². The van der Waals surface area contributed by atoms with Gasteiger partial charge in [0.15, 0.2) is 0 Å². The summed E-state index contributed by atoms with van der Waals surface area (Å²) in [5.41, 5.74) is 27.1. The van der Waals surface area contributed by atoms with Crippen molar-refractivity contribution in [2.45, 2.75) is 181 Å². The van der Waals surface area contributed by atoms with E-state index in [0.29, 0.717) is 0 Å². The standard InChI is InChI=1S/C76H86BN3/c1-70(2,3)50-25-24-30-55(42-50)79-65-44-52(72(7,8)9)32-35-62(65)77-63-47-60-61(76(16,17)40-39-75(60,14)15)48-66(63)80(68-46-56(45-67(79)69(68)77)78(53-26-20-18-21-27-53)54-28-22-19-23-29-54)64-36-33-51(71(4,5)6)43-57(64)49-31-34-58-59(41-49)74(12,13)38-37-73(58,10)11/h18-36,41-48H,37-40H2,1-17H3. The molecule has 0 fully saturated rings. The first-order valence-electron chi connectivity index (χ1n) is 30.0. The van der Waals surface area contributed by atoms with Crippen molar-refractivity contribution in [3.63, 3.8) is 0 Å². The van der Waals surface area contributed by atoms with Gasteiger partial charge in [0, 0.05) is 45.4 Å². The van der Waals surface area contributed by atoms with Crippen molar-refractivity contribution in [1.29, 1.82) is 0 Å². The van der Waals surface area contributed by atoms with Crippen LogP contribution in [0, 0.1) is 0 Å². The monoisotopic (exact) mass is 1050 g/mol. The highest BCUT2D eigenvalue weighted by Gasteiger charge is 2.48. The fraction of sp³-hybridized carbons (Fsp3) is 0.368. The van der Waals surface area contributed by atoms with Crippen LogP contribution in [0.1, 0.15) is 182 Å². The number of benzene rings is 8.